The predicted molar refractivity (Wildman–Crippen MR) is 69.9 cm³/mol. The Morgan fingerprint density at radius 3 is 2.61 bits per heavy atom. The lowest BCUT2D eigenvalue weighted by atomic mass is 9.89. The van der Waals surface area contributed by atoms with Gasteiger partial charge in [-0.2, -0.15) is 0 Å². The van der Waals surface area contributed by atoms with Crippen molar-refractivity contribution in [3.63, 3.8) is 0 Å². The van der Waals surface area contributed by atoms with E-state index in [9.17, 15) is 14.4 Å². The van der Waals surface area contributed by atoms with Crippen LogP contribution in [-0.2, 0) is 16.1 Å². The third-order valence-corrected chi connectivity index (χ3v) is 4.72. The number of nitrogens with one attached hydrogen (secondary N) is 1. The third kappa shape index (κ3) is 2.08. The number of amides is 4. The molecular weight excluding hydrogens is 320 g/mol. The average Bonchev–Trinajstić information content (AvgIpc) is 2.68. The van der Waals surface area contributed by atoms with Crippen LogP contribution in [0.15, 0.2) is 15.9 Å². The van der Waals surface area contributed by atoms with Crippen molar-refractivity contribution in [3.05, 3.63) is 20.8 Å². The fraction of sp³-hybridized carbons (Fsp3) is 0.364. The topological polar surface area (TPSA) is 66.5 Å². The van der Waals surface area contributed by atoms with Crippen molar-refractivity contribution in [1.82, 2.24) is 10.2 Å². The van der Waals surface area contributed by atoms with Gasteiger partial charge in [-0.1, -0.05) is 0 Å². The first-order valence-electron chi connectivity index (χ1n) is 5.23. The van der Waals surface area contributed by atoms with Gasteiger partial charge in [-0.15, -0.1) is 11.3 Å². The van der Waals surface area contributed by atoms with Gasteiger partial charge in [-0.05, 0) is 41.2 Å². The molecular formula is C11H11BrN2O3S. The Labute approximate surface area is 116 Å². The van der Waals surface area contributed by atoms with Crippen molar-refractivity contribution in [3.8, 4) is 0 Å². The van der Waals surface area contributed by atoms with Gasteiger partial charge in [0.05, 0.1) is 6.54 Å². The molecule has 1 aromatic rings. The van der Waals surface area contributed by atoms with E-state index in [2.05, 4.69) is 21.2 Å². The lowest BCUT2D eigenvalue weighted by Gasteiger charge is -2.34. The van der Waals surface area contributed by atoms with Gasteiger partial charge >= 0.3 is 6.03 Å². The molecule has 0 unspecified atom stereocenters. The van der Waals surface area contributed by atoms with Gasteiger partial charge in [0, 0.05) is 9.35 Å². The van der Waals surface area contributed by atoms with Crippen molar-refractivity contribution < 1.29 is 14.4 Å². The summed E-state index contributed by atoms with van der Waals surface area (Å²) >= 11 is 4.79. The van der Waals surface area contributed by atoms with E-state index in [-0.39, 0.29) is 6.54 Å². The molecule has 1 saturated heterocycles. The maximum atomic E-state index is 12.1. The number of barbiturate groups is 1. The summed E-state index contributed by atoms with van der Waals surface area (Å²) in [4.78, 5) is 37.3. The molecule has 1 aliphatic heterocycles. The molecule has 4 amide bonds. The molecule has 2 rings (SSSR count). The molecule has 2 heterocycles. The second kappa shape index (κ2) is 4.47. The molecule has 0 atom stereocenters. The van der Waals surface area contributed by atoms with E-state index >= 15 is 0 Å². The van der Waals surface area contributed by atoms with E-state index in [1.165, 1.54) is 25.2 Å². The molecule has 0 aliphatic carbocycles. The van der Waals surface area contributed by atoms with E-state index in [0.717, 1.165) is 14.2 Å². The number of hydrogen-bond acceptors (Lipinski definition) is 4. The summed E-state index contributed by atoms with van der Waals surface area (Å²) in [7, 11) is 0. The molecule has 96 valence electrons. The first kappa shape index (κ1) is 13.2. The van der Waals surface area contributed by atoms with Gasteiger partial charge in [0.2, 0.25) is 11.8 Å². The van der Waals surface area contributed by atoms with Crippen LogP contribution in [-0.4, -0.2) is 22.7 Å². The van der Waals surface area contributed by atoms with Crippen molar-refractivity contribution in [2.75, 3.05) is 0 Å². The maximum Gasteiger partial charge on any atom is 0.331 e. The second-order valence-electron chi connectivity index (χ2n) is 4.47. The lowest BCUT2D eigenvalue weighted by Crippen LogP contribution is -2.61. The Hall–Kier alpha value is -1.21. The Morgan fingerprint density at radius 2 is 2.06 bits per heavy atom. The molecule has 1 aliphatic rings. The summed E-state index contributed by atoms with van der Waals surface area (Å²) in [5.74, 6) is -1.03. The van der Waals surface area contributed by atoms with Crippen molar-refractivity contribution >= 4 is 45.1 Å². The number of nitrogens with zero attached hydrogens (tertiary/aromatic N) is 1. The summed E-state index contributed by atoms with van der Waals surface area (Å²) in [6.45, 7) is 3.18. The number of carbonyl (C=O) groups is 3. The molecule has 1 fully saturated rings. The van der Waals surface area contributed by atoms with Crippen LogP contribution in [0.2, 0.25) is 0 Å². The van der Waals surface area contributed by atoms with E-state index < -0.39 is 23.3 Å². The lowest BCUT2D eigenvalue weighted by molar-refractivity contribution is -0.149. The van der Waals surface area contributed by atoms with E-state index in [1.54, 1.807) is 0 Å². The summed E-state index contributed by atoms with van der Waals surface area (Å²) in [5.41, 5.74) is -1.21. The van der Waals surface area contributed by atoms with Gasteiger partial charge in [0.25, 0.3) is 0 Å². The molecule has 1 N–H and O–H groups in total. The van der Waals surface area contributed by atoms with Gasteiger partial charge in [0.15, 0.2) is 0 Å². The van der Waals surface area contributed by atoms with E-state index in [4.69, 9.17) is 0 Å². The minimum Gasteiger partial charge on any atom is -0.277 e. The zero-order valence-corrected chi connectivity index (χ0v) is 12.2. The minimum absolute atomic E-state index is 0.166. The summed E-state index contributed by atoms with van der Waals surface area (Å²) in [5, 5.41) is 4.06. The zero-order valence-electron chi connectivity index (χ0n) is 9.82. The van der Waals surface area contributed by atoms with Crippen molar-refractivity contribution in [1.29, 1.82) is 0 Å². The fourth-order valence-corrected chi connectivity index (χ4v) is 3.04. The summed E-state index contributed by atoms with van der Waals surface area (Å²) in [6, 6.07) is 1.19. The molecule has 18 heavy (non-hydrogen) atoms. The Morgan fingerprint density at radius 1 is 1.39 bits per heavy atom. The standard InChI is InChI=1S/C11H11BrN2O3S/c1-11(2)8(15)13-10(17)14(9(11)16)5-7-6(12)3-4-18-7/h3-4H,5H2,1-2H3,(H,13,15,17). The number of carbonyl (C=O) groups excluding carboxylic acids is 3. The number of rotatable bonds is 2. The highest BCUT2D eigenvalue weighted by Crippen LogP contribution is 2.28. The number of hydrogen-bond donors (Lipinski definition) is 1. The van der Waals surface area contributed by atoms with Gasteiger partial charge in [-0.3, -0.25) is 19.8 Å². The van der Waals surface area contributed by atoms with Gasteiger partial charge < -0.3 is 0 Å². The SMILES string of the molecule is CC1(C)C(=O)NC(=O)N(Cc2sccc2Br)C1=O. The molecule has 7 heteroatoms. The molecule has 0 bridgehead atoms. The van der Waals surface area contributed by atoms with Crippen LogP contribution in [0.4, 0.5) is 4.79 Å². The normalized spacial score (nSPS) is 19.1. The van der Waals surface area contributed by atoms with Crippen LogP contribution >= 0.6 is 27.3 Å². The molecule has 1 aromatic heterocycles. The molecule has 0 aromatic carbocycles. The second-order valence-corrected chi connectivity index (χ2v) is 6.32. The highest BCUT2D eigenvalue weighted by atomic mass is 79.9. The fourth-order valence-electron chi connectivity index (χ4n) is 1.57. The van der Waals surface area contributed by atoms with Crippen LogP contribution in [0.5, 0.6) is 0 Å². The van der Waals surface area contributed by atoms with Crippen LogP contribution in [0.25, 0.3) is 0 Å². The Balaban J connectivity index is 2.27. The zero-order chi connectivity index (χ0) is 13.5. The van der Waals surface area contributed by atoms with E-state index in [1.807, 2.05) is 11.4 Å². The quantitative estimate of drug-likeness (QED) is 0.844. The van der Waals surface area contributed by atoms with Gasteiger partial charge in [0.1, 0.15) is 5.41 Å². The van der Waals surface area contributed by atoms with Crippen LogP contribution < -0.4 is 5.32 Å². The number of halogens is 1. The average molecular weight is 331 g/mol. The van der Waals surface area contributed by atoms with E-state index in [0.29, 0.717) is 0 Å². The molecule has 5 nitrogen and oxygen atoms in total. The molecule has 0 spiro atoms. The van der Waals surface area contributed by atoms with Crippen molar-refractivity contribution in [2.24, 2.45) is 5.41 Å². The largest absolute Gasteiger partial charge is 0.331 e. The molecule has 0 radical (unpaired) electrons. The highest BCUT2D eigenvalue weighted by Gasteiger charge is 2.47. The number of imide groups is 2. The number of urea groups is 1. The summed E-state index contributed by atoms with van der Waals surface area (Å²) in [6.07, 6.45) is 0. The first-order chi connectivity index (χ1) is 8.34. The van der Waals surface area contributed by atoms with Crippen LogP contribution in [0, 0.1) is 5.41 Å². The Kier molecular flexibility index (Phi) is 3.29. The van der Waals surface area contributed by atoms with Crippen molar-refractivity contribution in [2.45, 2.75) is 20.4 Å². The summed E-state index contributed by atoms with van der Waals surface area (Å²) < 4.78 is 0.850. The monoisotopic (exact) mass is 330 g/mol. The predicted octanol–water partition coefficient (Wildman–Crippen LogP) is 2.12. The maximum absolute atomic E-state index is 12.1. The Bertz CT molecular complexity index is 538. The van der Waals surface area contributed by atoms with Crippen LogP contribution in [0.1, 0.15) is 18.7 Å². The van der Waals surface area contributed by atoms with Gasteiger partial charge in [-0.25, -0.2) is 4.79 Å². The van der Waals surface area contributed by atoms with Crippen LogP contribution in [0.3, 0.4) is 0 Å². The minimum atomic E-state index is -1.21. The smallest absolute Gasteiger partial charge is 0.277 e. The third-order valence-electron chi connectivity index (χ3n) is 2.81. The first-order valence-corrected chi connectivity index (χ1v) is 6.90. The molecule has 0 saturated carbocycles. The number of thiophene rings is 1. The highest BCUT2D eigenvalue weighted by molar-refractivity contribution is 9.10.